The highest BCUT2D eigenvalue weighted by molar-refractivity contribution is 14.0. The van der Waals surface area contributed by atoms with Crippen LogP contribution in [0.1, 0.15) is 30.4 Å². The number of benzene rings is 1. The molecule has 0 aromatic heterocycles. The van der Waals surface area contributed by atoms with Gasteiger partial charge in [0, 0.05) is 38.9 Å². The Balaban J connectivity index is 0.00000450. The van der Waals surface area contributed by atoms with E-state index in [-0.39, 0.29) is 35.8 Å². The summed E-state index contributed by atoms with van der Waals surface area (Å²) in [5.74, 6) is 0.777. The van der Waals surface area contributed by atoms with Crippen LogP contribution in [0.3, 0.4) is 0 Å². The van der Waals surface area contributed by atoms with E-state index < -0.39 is 12.8 Å². The number of rotatable bonds is 10. The maximum atomic E-state index is 12.5. The molecule has 0 saturated carbocycles. The molecule has 172 valence electrons. The highest BCUT2D eigenvalue weighted by atomic mass is 127. The Hall–Kier alpha value is -1.27. The third kappa shape index (κ3) is 10.7. The molecule has 0 bridgehead atoms. The van der Waals surface area contributed by atoms with E-state index in [1.54, 1.807) is 26.1 Å². The van der Waals surface area contributed by atoms with E-state index in [2.05, 4.69) is 15.6 Å². The first-order chi connectivity index (χ1) is 13.9. The molecule has 1 saturated heterocycles. The maximum absolute atomic E-state index is 12.5. The molecule has 1 aliphatic heterocycles. The van der Waals surface area contributed by atoms with Gasteiger partial charge in [-0.2, -0.15) is 13.2 Å². The van der Waals surface area contributed by atoms with Crippen LogP contribution >= 0.6 is 24.0 Å². The quantitative estimate of drug-likeness (QED) is 0.203. The van der Waals surface area contributed by atoms with Crippen molar-refractivity contribution in [2.45, 2.75) is 45.0 Å². The highest BCUT2D eigenvalue weighted by Gasteiger charge is 2.28. The zero-order valence-corrected chi connectivity index (χ0v) is 19.7. The monoisotopic (exact) mass is 545 g/mol. The summed E-state index contributed by atoms with van der Waals surface area (Å²) in [6.45, 7) is 3.51. The molecule has 1 heterocycles. The van der Waals surface area contributed by atoms with E-state index in [1.165, 1.54) is 0 Å². The summed E-state index contributed by atoms with van der Waals surface area (Å²) in [5.41, 5.74) is 1.46. The van der Waals surface area contributed by atoms with Gasteiger partial charge in [0.15, 0.2) is 12.6 Å². The van der Waals surface area contributed by atoms with Gasteiger partial charge in [0.2, 0.25) is 0 Å². The summed E-state index contributed by atoms with van der Waals surface area (Å²) >= 11 is 0. The van der Waals surface area contributed by atoms with E-state index in [0.29, 0.717) is 37.8 Å². The van der Waals surface area contributed by atoms with Crippen molar-refractivity contribution in [3.63, 3.8) is 0 Å². The fraction of sp³-hybridized carbons (Fsp3) is 0.650. The normalized spacial score (nSPS) is 16.8. The van der Waals surface area contributed by atoms with Crippen LogP contribution in [0.2, 0.25) is 0 Å². The zero-order valence-electron chi connectivity index (χ0n) is 17.4. The summed E-state index contributed by atoms with van der Waals surface area (Å²) in [5, 5.41) is 6.26. The molecule has 30 heavy (non-hydrogen) atoms. The predicted octanol–water partition coefficient (Wildman–Crippen LogP) is 3.80. The van der Waals surface area contributed by atoms with Crippen LogP contribution in [-0.4, -0.2) is 58.3 Å². The SMILES string of the molecule is CN=C(NCCCOCC1CCCO1)NCc1ccc(C)cc1OCC(F)(F)F.I. The van der Waals surface area contributed by atoms with Crippen molar-refractivity contribution >= 4 is 29.9 Å². The first-order valence-electron chi connectivity index (χ1n) is 9.80. The Kier molecular flexibility index (Phi) is 12.4. The zero-order chi connectivity index (χ0) is 21.1. The maximum Gasteiger partial charge on any atom is 0.422 e. The van der Waals surface area contributed by atoms with E-state index in [4.69, 9.17) is 14.2 Å². The Morgan fingerprint density at radius 1 is 1.30 bits per heavy atom. The van der Waals surface area contributed by atoms with Gasteiger partial charge in [-0.05, 0) is 37.8 Å². The van der Waals surface area contributed by atoms with E-state index in [1.807, 2.05) is 6.07 Å². The second-order valence-corrected chi connectivity index (χ2v) is 6.93. The van der Waals surface area contributed by atoms with Gasteiger partial charge in [-0.3, -0.25) is 4.99 Å². The van der Waals surface area contributed by atoms with E-state index >= 15 is 0 Å². The van der Waals surface area contributed by atoms with Gasteiger partial charge in [0.05, 0.1) is 12.7 Å². The summed E-state index contributed by atoms with van der Waals surface area (Å²) in [6.07, 6.45) is -1.19. The predicted molar refractivity (Wildman–Crippen MR) is 121 cm³/mol. The van der Waals surface area contributed by atoms with Gasteiger partial charge >= 0.3 is 6.18 Å². The number of alkyl halides is 3. The molecule has 0 radical (unpaired) electrons. The molecule has 1 atom stereocenters. The summed E-state index contributed by atoms with van der Waals surface area (Å²) in [4.78, 5) is 4.13. The molecule has 1 aliphatic rings. The number of aryl methyl sites for hydroxylation is 1. The molecule has 1 aromatic rings. The van der Waals surface area contributed by atoms with Crippen LogP contribution in [0.4, 0.5) is 13.2 Å². The molecule has 0 spiro atoms. The number of halogens is 4. The number of ether oxygens (including phenoxy) is 3. The van der Waals surface area contributed by atoms with E-state index in [0.717, 1.165) is 31.4 Å². The van der Waals surface area contributed by atoms with Crippen LogP contribution in [0.25, 0.3) is 0 Å². The smallest absolute Gasteiger partial charge is 0.422 e. The van der Waals surface area contributed by atoms with Gasteiger partial charge in [0.1, 0.15) is 5.75 Å². The van der Waals surface area contributed by atoms with Crippen molar-refractivity contribution in [3.05, 3.63) is 29.3 Å². The lowest BCUT2D eigenvalue weighted by Crippen LogP contribution is -2.37. The van der Waals surface area contributed by atoms with Crippen LogP contribution in [0.5, 0.6) is 5.75 Å². The van der Waals surface area contributed by atoms with Crippen LogP contribution in [0.15, 0.2) is 23.2 Å². The highest BCUT2D eigenvalue weighted by Crippen LogP contribution is 2.23. The lowest BCUT2D eigenvalue weighted by atomic mass is 10.1. The number of aliphatic imine (C=N–C) groups is 1. The van der Waals surface area contributed by atoms with Crippen molar-refractivity contribution in [1.82, 2.24) is 10.6 Å². The minimum Gasteiger partial charge on any atom is -0.484 e. The topological polar surface area (TPSA) is 64.1 Å². The molecular weight excluding hydrogens is 514 g/mol. The Morgan fingerprint density at radius 3 is 2.77 bits per heavy atom. The molecule has 1 fully saturated rings. The van der Waals surface area contributed by atoms with Crippen molar-refractivity contribution in [3.8, 4) is 5.75 Å². The third-order valence-corrected chi connectivity index (χ3v) is 4.37. The summed E-state index contributed by atoms with van der Waals surface area (Å²) in [6, 6.07) is 5.18. The van der Waals surface area contributed by atoms with Crippen LogP contribution in [-0.2, 0) is 16.0 Å². The standard InChI is InChI=1S/C20H30F3N3O3.HI/c1-15-6-7-16(18(11-15)29-14-20(21,22)23)12-26-19(24-2)25-8-4-9-27-13-17-5-3-10-28-17;/h6-7,11,17H,3-5,8-10,12-14H2,1-2H3,(H2,24,25,26);1H. The lowest BCUT2D eigenvalue weighted by molar-refractivity contribution is -0.153. The van der Waals surface area contributed by atoms with Gasteiger partial charge in [-0.15, -0.1) is 24.0 Å². The molecule has 0 amide bonds. The number of nitrogens with one attached hydrogen (secondary N) is 2. The minimum atomic E-state index is -4.38. The van der Waals surface area contributed by atoms with E-state index in [9.17, 15) is 13.2 Å². The van der Waals surface area contributed by atoms with Crippen molar-refractivity contribution < 1.29 is 27.4 Å². The Bertz CT molecular complexity index is 654. The Morgan fingerprint density at radius 2 is 2.10 bits per heavy atom. The average molecular weight is 545 g/mol. The molecule has 1 unspecified atom stereocenters. The Labute approximate surface area is 193 Å². The number of guanidine groups is 1. The van der Waals surface area contributed by atoms with Gasteiger partial charge in [0.25, 0.3) is 0 Å². The first-order valence-corrected chi connectivity index (χ1v) is 9.80. The molecule has 0 aliphatic carbocycles. The second-order valence-electron chi connectivity index (χ2n) is 6.93. The van der Waals surface area contributed by atoms with Crippen molar-refractivity contribution in [1.29, 1.82) is 0 Å². The van der Waals surface area contributed by atoms with Crippen molar-refractivity contribution in [2.75, 3.05) is 40.0 Å². The van der Waals surface area contributed by atoms with Crippen LogP contribution in [0, 0.1) is 6.92 Å². The molecule has 2 rings (SSSR count). The number of hydrogen-bond acceptors (Lipinski definition) is 4. The minimum absolute atomic E-state index is 0. The second kappa shape index (κ2) is 13.9. The lowest BCUT2D eigenvalue weighted by Gasteiger charge is -2.16. The van der Waals surface area contributed by atoms with Crippen molar-refractivity contribution in [2.24, 2.45) is 4.99 Å². The summed E-state index contributed by atoms with van der Waals surface area (Å²) in [7, 11) is 1.64. The fourth-order valence-corrected chi connectivity index (χ4v) is 2.87. The van der Waals surface area contributed by atoms with Gasteiger partial charge in [-0.25, -0.2) is 0 Å². The molecule has 1 aromatic carbocycles. The van der Waals surface area contributed by atoms with Crippen LogP contribution < -0.4 is 15.4 Å². The third-order valence-electron chi connectivity index (χ3n) is 4.37. The largest absolute Gasteiger partial charge is 0.484 e. The fourth-order valence-electron chi connectivity index (χ4n) is 2.87. The van der Waals surface area contributed by atoms with Gasteiger partial charge in [-0.1, -0.05) is 12.1 Å². The molecule has 2 N–H and O–H groups in total. The molecule has 6 nitrogen and oxygen atoms in total. The number of nitrogens with zero attached hydrogens (tertiary/aromatic N) is 1. The molecular formula is C20H31F3IN3O3. The molecule has 10 heteroatoms. The average Bonchev–Trinajstić information content (AvgIpc) is 3.19. The first kappa shape index (κ1) is 26.8. The van der Waals surface area contributed by atoms with Gasteiger partial charge < -0.3 is 24.8 Å². The number of hydrogen-bond donors (Lipinski definition) is 2. The summed E-state index contributed by atoms with van der Waals surface area (Å²) < 4.78 is 53.5.